The van der Waals surface area contributed by atoms with Crippen LogP contribution in [0.15, 0.2) is 0 Å². The van der Waals surface area contributed by atoms with Gasteiger partial charge in [-0.05, 0) is 25.7 Å². The van der Waals surface area contributed by atoms with Gasteiger partial charge in [0.1, 0.15) is 5.78 Å². The number of carbonyl (C=O) groups is 1. The molecule has 0 amide bonds. The maximum Gasteiger partial charge on any atom is 0.144 e. The van der Waals surface area contributed by atoms with E-state index in [1.54, 1.807) is 0 Å². The summed E-state index contributed by atoms with van der Waals surface area (Å²) >= 11 is 0. The Kier molecular flexibility index (Phi) is 32.9. The Bertz CT molecular complexity index is 528. The van der Waals surface area contributed by atoms with Crippen molar-refractivity contribution in [3.8, 4) is 0 Å². The van der Waals surface area contributed by atoms with Crippen LogP contribution < -0.4 is 0 Å². The maximum atomic E-state index is 14.8. The van der Waals surface area contributed by atoms with Crippen molar-refractivity contribution in [3.05, 3.63) is 0 Å². The van der Waals surface area contributed by atoms with Crippen LogP contribution in [0.1, 0.15) is 273 Å². The second kappa shape index (κ2) is 33.2. The molecule has 0 aromatic heterocycles. The van der Waals surface area contributed by atoms with Crippen molar-refractivity contribution in [2.45, 2.75) is 273 Å². The highest BCUT2D eigenvalue weighted by Crippen LogP contribution is 2.44. The van der Waals surface area contributed by atoms with Gasteiger partial charge in [-0.3, -0.25) is 4.79 Å². The lowest BCUT2D eigenvalue weighted by atomic mass is 9.63. The molecule has 0 atom stereocenters. The van der Waals surface area contributed by atoms with E-state index < -0.39 is 0 Å². The summed E-state index contributed by atoms with van der Waals surface area (Å²) in [6, 6.07) is 0. The van der Waals surface area contributed by atoms with Gasteiger partial charge < -0.3 is 0 Å². The van der Waals surface area contributed by atoms with Crippen LogP contribution >= 0.6 is 0 Å². The molecule has 0 saturated heterocycles. The van der Waals surface area contributed by atoms with Gasteiger partial charge in [0.05, 0.1) is 0 Å². The Balaban J connectivity index is 5.28. The van der Waals surface area contributed by atoms with E-state index in [1.807, 2.05) is 0 Å². The summed E-state index contributed by atoms with van der Waals surface area (Å²) in [7, 11) is 0. The molecular formula is C45H90O. The molecule has 0 aliphatic rings. The van der Waals surface area contributed by atoms with Crippen LogP contribution in [0.3, 0.4) is 0 Å². The first-order chi connectivity index (χ1) is 22.4. The fourth-order valence-corrected chi connectivity index (χ4v) is 8.03. The first-order valence-electron chi connectivity index (χ1n) is 21.9. The van der Waals surface area contributed by atoms with Crippen LogP contribution in [-0.2, 0) is 4.79 Å². The summed E-state index contributed by atoms with van der Waals surface area (Å²) in [5.41, 5.74) is -0.251. The van der Waals surface area contributed by atoms with Gasteiger partial charge in [0.25, 0.3) is 0 Å². The molecule has 0 unspecified atom stereocenters. The number of rotatable bonds is 38. The zero-order valence-corrected chi connectivity index (χ0v) is 33.4. The molecular weight excluding hydrogens is 556 g/mol. The SMILES string of the molecule is CCCCCCCCCCC(C)(CCCCCCCCCC)C(=O)C(C)(CCCCCCCCCC)CCCCCCCCCC. The predicted molar refractivity (Wildman–Crippen MR) is 210 cm³/mol. The third kappa shape index (κ3) is 25.7. The molecule has 0 spiro atoms. The second-order valence-corrected chi connectivity index (χ2v) is 16.3. The first kappa shape index (κ1) is 45.7. The topological polar surface area (TPSA) is 17.1 Å². The molecule has 0 rings (SSSR count). The van der Waals surface area contributed by atoms with Gasteiger partial charge in [0.2, 0.25) is 0 Å². The average Bonchev–Trinajstić information content (AvgIpc) is 3.05. The largest absolute Gasteiger partial charge is 0.298 e. The lowest BCUT2D eigenvalue weighted by Crippen LogP contribution is -2.41. The summed E-state index contributed by atoms with van der Waals surface area (Å²) < 4.78 is 0. The van der Waals surface area contributed by atoms with Crippen LogP contribution in [0, 0.1) is 10.8 Å². The summed E-state index contributed by atoms with van der Waals surface area (Å²) in [6.07, 6.45) is 47.9. The van der Waals surface area contributed by atoms with Crippen molar-refractivity contribution in [2.24, 2.45) is 10.8 Å². The van der Waals surface area contributed by atoms with Crippen molar-refractivity contribution in [1.29, 1.82) is 0 Å². The molecule has 1 heteroatoms. The minimum atomic E-state index is -0.126. The number of unbranched alkanes of at least 4 members (excludes halogenated alkanes) is 28. The third-order valence-electron chi connectivity index (χ3n) is 11.4. The van der Waals surface area contributed by atoms with Crippen LogP contribution in [-0.4, -0.2) is 5.78 Å². The fraction of sp³-hybridized carbons (Fsp3) is 0.978. The molecule has 0 aromatic carbocycles. The zero-order chi connectivity index (χ0) is 34.0. The molecule has 0 fully saturated rings. The van der Waals surface area contributed by atoms with Crippen LogP contribution in [0.5, 0.6) is 0 Å². The highest BCUT2D eigenvalue weighted by molar-refractivity contribution is 5.89. The van der Waals surface area contributed by atoms with Crippen molar-refractivity contribution in [3.63, 3.8) is 0 Å². The molecule has 46 heavy (non-hydrogen) atoms. The molecule has 0 aliphatic heterocycles. The summed E-state index contributed by atoms with van der Waals surface area (Å²) in [5, 5.41) is 0. The van der Waals surface area contributed by atoms with E-state index in [2.05, 4.69) is 41.5 Å². The van der Waals surface area contributed by atoms with Crippen LogP contribution in [0.4, 0.5) is 0 Å². The van der Waals surface area contributed by atoms with Crippen LogP contribution in [0.2, 0.25) is 0 Å². The highest BCUT2D eigenvalue weighted by atomic mass is 16.1. The Morgan fingerprint density at radius 3 is 0.609 bits per heavy atom. The molecule has 0 heterocycles. The highest BCUT2D eigenvalue weighted by Gasteiger charge is 2.43. The molecule has 1 nitrogen and oxygen atoms in total. The van der Waals surface area contributed by atoms with E-state index >= 15 is 0 Å². The molecule has 0 aliphatic carbocycles. The minimum Gasteiger partial charge on any atom is -0.298 e. The summed E-state index contributed by atoms with van der Waals surface area (Å²) in [5.74, 6) is 0.664. The predicted octanol–water partition coefficient (Wildman–Crippen LogP) is 16.7. The molecule has 0 saturated carbocycles. The van der Waals surface area contributed by atoms with Gasteiger partial charge in [-0.1, -0.05) is 247 Å². The smallest absolute Gasteiger partial charge is 0.144 e. The summed E-state index contributed by atoms with van der Waals surface area (Å²) in [6.45, 7) is 14.1. The van der Waals surface area contributed by atoms with Crippen molar-refractivity contribution < 1.29 is 4.79 Å². The van der Waals surface area contributed by atoms with Gasteiger partial charge in [-0.2, -0.15) is 0 Å². The Morgan fingerprint density at radius 1 is 0.283 bits per heavy atom. The number of carbonyl (C=O) groups excluding carboxylic acids is 1. The Hall–Kier alpha value is -0.330. The van der Waals surface area contributed by atoms with Gasteiger partial charge >= 0.3 is 0 Å². The van der Waals surface area contributed by atoms with E-state index in [9.17, 15) is 4.79 Å². The number of hydrogen-bond acceptors (Lipinski definition) is 1. The Morgan fingerprint density at radius 2 is 0.435 bits per heavy atom. The Labute approximate surface area is 293 Å². The van der Waals surface area contributed by atoms with E-state index in [0.29, 0.717) is 5.78 Å². The van der Waals surface area contributed by atoms with E-state index in [0.717, 1.165) is 25.7 Å². The van der Waals surface area contributed by atoms with Gasteiger partial charge in [-0.25, -0.2) is 0 Å². The normalized spacial score (nSPS) is 12.3. The maximum absolute atomic E-state index is 14.8. The number of ketones is 1. The lowest BCUT2D eigenvalue weighted by molar-refractivity contribution is -0.139. The molecule has 0 N–H and O–H groups in total. The number of Topliss-reactive ketones (excluding diaryl/α,β-unsaturated/α-hetero) is 1. The van der Waals surface area contributed by atoms with E-state index in [4.69, 9.17) is 0 Å². The zero-order valence-electron chi connectivity index (χ0n) is 33.4. The molecule has 276 valence electrons. The van der Waals surface area contributed by atoms with Gasteiger partial charge in [0, 0.05) is 10.8 Å². The average molecular weight is 647 g/mol. The van der Waals surface area contributed by atoms with Crippen LogP contribution in [0.25, 0.3) is 0 Å². The van der Waals surface area contributed by atoms with E-state index in [1.165, 1.54) is 205 Å². The van der Waals surface area contributed by atoms with Gasteiger partial charge in [-0.15, -0.1) is 0 Å². The van der Waals surface area contributed by atoms with Crippen molar-refractivity contribution >= 4 is 5.78 Å². The minimum absolute atomic E-state index is 0.126. The second-order valence-electron chi connectivity index (χ2n) is 16.3. The fourth-order valence-electron chi connectivity index (χ4n) is 8.03. The van der Waals surface area contributed by atoms with Gasteiger partial charge in [0.15, 0.2) is 0 Å². The monoisotopic (exact) mass is 647 g/mol. The lowest BCUT2D eigenvalue weighted by Gasteiger charge is -2.39. The quantitative estimate of drug-likeness (QED) is 0.0610. The van der Waals surface area contributed by atoms with E-state index in [-0.39, 0.29) is 10.8 Å². The molecule has 0 aromatic rings. The number of hydrogen-bond donors (Lipinski definition) is 0. The molecule has 0 radical (unpaired) electrons. The van der Waals surface area contributed by atoms with Crippen molar-refractivity contribution in [2.75, 3.05) is 0 Å². The molecule has 0 bridgehead atoms. The standard InChI is InChI=1S/C45H90O/c1-7-11-15-19-23-27-31-35-39-44(5,40-36-32-28-24-20-16-12-8-2)43(46)45(6,41-37-33-29-25-21-17-13-9-3)42-38-34-30-26-22-18-14-10-4/h7-42H2,1-6H3. The van der Waals surface area contributed by atoms with Crippen molar-refractivity contribution in [1.82, 2.24) is 0 Å². The first-order valence-corrected chi connectivity index (χ1v) is 21.9. The summed E-state index contributed by atoms with van der Waals surface area (Å²) in [4.78, 5) is 14.8. The third-order valence-corrected chi connectivity index (χ3v) is 11.4.